The van der Waals surface area contributed by atoms with Crippen molar-refractivity contribution >= 4 is 0 Å². The molecule has 3 rings (SSSR count). The Morgan fingerprint density at radius 2 is 1.87 bits per heavy atom. The summed E-state index contributed by atoms with van der Waals surface area (Å²) in [5, 5.41) is 3.74. The molecule has 15 heavy (non-hydrogen) atoms. The van der Waals surface area contributed by atoms with E-state index in [-0.39, 0.29) is 0 Å². The molecule has 0 aromatic rings. The molecule has 3 N–H and O–H groups in total. The number of nitrogens with one attached hydrogen (secondary N) is 1. The van der Waals surface area contributed by atoms with Crippen LogP contribution in [0.2, 0.25) is 0 Å². The predicted molar refractivity (Wildman–Crippen MR) is 59.5 cm³/mol. The van der Waals surface area contributed by atoms with E-state index in [0.29, 0.717) is 6.04 Å². The van der Waals surface area contributed by atoms with Gasteiger partial charge in [0.1, 0.15) is 0 Å². The highest BCUT2D eigenvalue weighted by molar-refractivity contribution is 5.00. The maximum Gasteiger partial charge on any atom is 0.0469 e. The first-order chi connectivity index (χ1) is 7.34. The Morgan fingerprint density at radius 3 is 2.67 bits per heavy atom. The summed E-state index contributed by atoms with van der Waals surface area (Å²) in [5.41, 5.74) is 6.06. The predicted octanol–water partition coefficient (Wildman–Crippen LogP) is 0.738. The number of ether oxygens (including phenoxy) is 1. The topological polar surface area (TPSA) is 47.3 Å². The van der Waals surface area contributed by atoms with Gasteiger partial charge in [-0.25, -0.2) is 0 Å². The van der Waals surface area contributed by atoms with E-state index >= 15 is 0 Å². The van der Waals surface area contributed by atoms with Gasteiger partial charge in [0, 0.05) is 25.3 Å². The molecule has 1 saturated carbocycles. The molecule has 0 spiro atoms. The van der Waals surface area contributed by atoms with Crippen LogP contribution in [-0.4, -0.2) is 31.8 Å². The van der Waals surface area contributed by atoms with Crippen molar-refractivity contribution in [3.8, 4) is 0 Å². The molecule has 2 saturated heterocycles. The summed E-state index contributed by atoms with van der Waals surface area (Å²) in [6.07, 6.45) is 4.99. The maximum atomic E-state index is 6.06. The molecule has 3 aliphatic rings. The second kappa shape index (κ2) is 4.04. The van der Waals surface area contributed by atoms with Crippen LogP contribution in [0.1, 0.15) is 25.7 Å². The lowest BCUT2D eigenvalue weighted by molar-refractivity contribution is 0.0496. The van der Waals surface area contributed by atoms with Gasteiger partial charge in [0.2, 0.25) is 0 Å². The van der Waals surface area contributed by atoms with Gasteiger partial charge >= 0.3 is 0 Å². The van der Waals surface area contributed by atoms with Gasteiger partial charge < -0.3 is 15.8 Å². The molecule has 0 aromatic heterocycles. The Kier molecular flexibility index (Phi) is 2.71. The molecule has 1 aliphatic carbocycles. The van der Waals surface area contributed by atoms with E-state index < -0.39 is 0 Å². The van der Waals surface area contributed by atoms with E-state index in [2.05, 4.69) is 5.32 Å². The Morgan fingerprint density at radius 1 is 1.07 bits per heavy atom. The lowest BCUT2D eigenvalue weighted by atomic mass is 9.82. The van der Waals surface area contributed by atoms with Crippen LogP contribution in [0.15, 0.2) is 0 Å². The minimum Gasteiger partial charge on any atom is -0.381 e. The van der Waals surface area contributed by atoms with Crippen LogP contribution in [0, 0.1) is 17.8 Å². The summed E-state index contributed by atoms with van der Waals surface area (Å²) < 4.78 is 5.44. The average Bonchev–Trinajstić information content (AvgIpc) is 2.77. The van der Waals surface area contributed by atoms with E-state index in [0.717, 1.165) is 37.0 Å². The van der Waals surface area contributed by atoms with Crippen molar-refractivity contribution in [1.82, 2.24) is 5.32 Å². The largest absolute Gasteiger partial charge is 0.381 e. The Labute approximate surface area is 91.7 Å². The highest BCUT2D eigenvalue weighted by Crippen LogP contribution is 2.41. The van der Waals surface area contributed by atoms with Crippen LogP contribution in [0.3, 0.4) is 0 Å². The zero-order chi connectivity index (χ0) is 10.3. The molecule has 0 aromatic carbocycles. The lowest BCUT2D eigenvalue weighted by Crippen LogP contribution is -2.39. The van der Waals surface area contributed by atoms with Crippen molar-refractivity contribution in [3.63, 3.8) is 0 Å². The molecule has 4 unspecified atom stereocenters. The van der Waals surface area contributed by atoms with Gasteiger partial charge in [-0.15, -0.1) is 0 Å². The number of hydrogen-bond acceptors (Lipinski definition) is 3. The van der Waals surface area contributed by atoms with E-state index in [9.17, 15) is 0 Å². The quantitative estimate of drug-likeness (QED) is 0.671. The van der Waals surface area contributed by atoms with Crippen molar-refractivity contribution in [2.24, 2.45) is 23.5 Å². The van der Waals surface area contributed by atoms with E-state index in [4.69, 9.17) is 10.5 Å². The SMILES string of the molecule is NC1CC2CNC(C3CCOCC3)C2C1. The van der Waals surface area contributed by atoms with Crippen LogP contribution in [0.4, 0.5) is 0 Å². The number of rotatable bonds is 1. The first-order valence-corrected chi connectivity index (χ1v) is 6.41. The van der Waals surface area contributed by atoms with Gasteiger partial charge in [0.25, 0.3) is 0 Å². The first kappa shape index (κ1) is 10.1. The molecule has 0 amide bonds. The zero-order valence-corrected chi connectivity index (χ0v) is 9.32. The minimum atomic E-state index is 0.476. The Balaban J connectivity index is 1.66. The first-order valence-electron chi connectivity index (χ1n) is 6.41. The van der Waals surface area contributed by atoms with Crippen LogP contribution in [-0.2, 0) is 4.74 Å². The summed E-state index contributed by atoms with van der Waals surface area (Å²) in [4.78, 5) is 0. The molecule has 0 radical (unpaired) electrons. The van der Waals surface area contributed by atoms with Crippen LogP contribution in [0.5, 0.6) is 0 Å². The van der Waals surface area contributed by atoms with Crippen LogP contribution < -0.4 is 11.1 Å². The smallest absolute Gasteiger partial charge is 0.0469 e. The summed E-state index contributed by atoms with van der Waals surface area (Å²) in [6.45, 7) is 3.14. The molecule has 3 nitrogen and oxygen atoms in total. The van der Waals surface area contributed by atoms with Crippen LogP contribution in [0.25, 0.3) is 0 Å². The second-order valence-electron chi connectivity index (χ2n) is 5.54. The third-order valence-electron chi connectivity index (χ3n) is 4.64. The average molecular weight is 210 g/mol. The highest BCUT2D eigenvalue weighted by Gasteiger charge is 2.44. The second-order valence-corrected chi connectivity index (χ2v) is 5.54. The van der Waals surface area contributed by atoms with Gasteiger partial charge in [0.05, 0.1) is 0 Å². The third-order valence-corrected chi connectivity index (χ3v) is 4.64. The van der Waals surface area contributed by atoms with E-state index in [1.807, 2.05) is 0 Å². The summed E-state index contributed by atoms with van der Waals surface area (Å²) in [7, 11) is 0. The molecule has 3 heteroatoms. The van der Waals surface area contributed by atoms with Crippen molar-refractivity contribution in [1.29, 1.82) is 0 Å². The molecule has 2 heterocycles. The van der Waals surface area contributed by atoms with Gasteiger partial charge in [-0.3, -0.25) is 0 Å². The normalized spacial score (nSPS) is 47.0. The van der Waals surface area contributed by atoms with Gasteiger partial charge in [-0.05, 0) is 50.0 Å². The standard InChI is InChI=1S/C12H22N2O/c13-10-5-9-7-14-12(11(9)6-10)8-1-3-15-4-2-8/h8-12,14H,1-7,13H2. The lowest BCUT2D eigenvalue weighted by Gasteiger charge is -2.31. The highest BCUT2D eigenvalue weighted by atomic mass is 16.5. The fourth-order valence-corrected chi connectivity index (χ4v) is 3.91. The molecule has 4 atom stereocenters. The van der Waals surface area contributed by atoms with Gasteiger partial charge in [0.15, 0.2) is 0 Å². The molecular weight excluding hydrogens is 188 g/mol. The third kappa shape index (κ3) is 1.81. The van der Waals surface area contributed by atoms with Crippen molar-refractivity contribution < 1.29 is 4.74 Å². The Hall–Kier alpha value is -0.120. The minimum absolute atomic E-state index is 0.476. The number of nitrogens with two attached hydrogens (primary N) is 1. The molecular formula is C12H22N2O. The summed E-state index contributed by atoms with van der Waals surface area (Å²) >= 11 is 0. The summed E-state index contributed by atoms with van der Waals surface area (Å²) in [5.74, 6) is 2.58. The van der Waals surface area contributed by atoms with Crippen molar-refractivity contribution in [3.05, 3.63) is 0 Å². The van der Waals surface area contributed by atoms with Gasteiger partial charge in [-0.2, -0.15) is 0 Å². The molecule has 2 aliphatic heterocycles. The number of hydrogen-bond donors (Lipinski definition) is 2. The number of fused-ring (bicyclic) bond motifs is 1. The van der Waals surface area contributed by atoms with E-state index in [1.165, 1.54) is 32.2 Å². The molecule has 86 valence electrons. The Bertz CT molecular complexity index is 228. The van der Waals surface area contributed by atoms with Gasteiger partial charge in [-0.1, -0.05) is 0 Å². The maximum absolute atomic E-state index is 6.06. The monoisotopic (exact) mass is 210 g/mol. The molecule has 0 bridgehead atoms. The molecule has 3 fully saturated rings. The fourth-order valence-electron chi connectivity index (χ4n) is 3.91. The van der Waals surface area contributed by atoms with E-state index in [1.54, 1.807) is 0 Å². The van der Waals surface area contributed by atoms with Crippen molar-refractivity contribution in [2.45, 2.75) is 37.8 Å². The van der Waals surface area contributed by atoms with Crippen LogP contribution >= 0.6 is 0 Å². The zero-order valence-electron chi connectivity index (χ0n) is 9.32. The summed E-state index contributed by atoms with van der Waals surface area (Å²) in [6, 6.07) is 1.22. The fraction of sp³-hybridized carbons (Fsp3) is 1.00. The van der Waals surface area contributed by atoms with Crippen molar-refractivity contribution in [2.75, 3.05) is 19.8 Å².